The number of aromatic amines is 1. The summed E-state index contributed by atoms with van der Waals surface area (Å²) in [6, 6.07) is 1.77. The van der Waals surface area contributed by atoms with Crippen molar-refractivity contribution in [3.05, 3.63) is 34.0 Å². The van der Waals surface area contributed by atoms with E-state index in [9.17, 15) is 4.79 Å². The highest BCUT2D eigenvalue weighted by atomic mass is 32.2. The summed E-state index contributed by atoms with van der Waals surface area (Å²) in [5, 5.41) is 0.799. The molecule has 0 aliphatic rings. The topological polar surface area (TPSA) is 77.1 Å². The molecular formula is C16H17N3O3S2. The second-order valence-corrected chi connectivity index (χ2v) is 7.19. The van der Waals surface area contributed by atoms with Crippen molar-refractivity contribution in [1.82, 2.24) is 15.0 Å². The van der Waals surface area contributed by atoms with E-state index in [-0.39, 0.29) is 5.97 Å². The number of aryl methyl sites for hydroxylation is 1. The average Bonchev–Trinajstić information content (AvgIpc) is 3.12. The maximum atomic E-state index is 11.5. The third kappa shape index (κ3) is 3.11. The number of methoxy groups -OCH3 is 2. The standard InChI is InChI=1S/C16H17N3O3S2/c1-8-6-17-11(9(2)13(8)21-3)7-23-16-18-10-5-12(15(20)22-4)24-14(10)19-16/h5-6H,7H2,1-4H3,(H,18,19). The molecule has 0 atom stereocenters. The Morgan fingerprint density at radius 3 is 2.83 bits per heavy atom. The monoisotopic (exact) mass is 363 g/mol. The number of hydrogen-bond acceptors (Lipinski definition) is 7. The minimum atomic E-state index is -0.341. The molecule has 8 heteroatoms. The van der Waals surface area contributed by atoms with Gasteiger partial charge in [-0.3, -0.25) is 4.98 Å². The summed E-state index contributed by atoms with van der Waals surface area (Å²) in [5.41, 5.74) is 3.88. The molecule has 6 nitrogen and oxygen atoms in total. The molecule has 0 aromatic carbocycles. The van der Waals surface area contributed by atoms with Gasteiger partial charge in [0.25, 0.3) is 0 Å². The van der Waals surface area contributed by atoms with Gasteiger partial charge in [0.15, 0.2) is 5.16 Å². The molecule has 3 rings (SSSR count). The molecule has 24 heavy (non-hydrogen) atoms. The number of thioether (sulfide) groups is 1. The molecule has 0 aliphatic carbocycles. The SMILES string of the molecule is COC(=O)c1cc2[nH]c(SCc3ncc(C)c(OC)c3C)nc2s1. The fraction of sp³-hybridized carbons (Fsp3) is 0.312. The van der Waals surface area contributed by atoms with Crippen molar-refractivity contribution in [3.63, 3.8) is 0 Å². The molecule has 3 aromatic heterocycles. The molecule has 0 spiro atoms. The van der Waals surface area contributed by atoms with Crippen LogP contribution >= 0.6 is 23.1 Å². The lowest BCUT2D eigenvalue weighted by molar-refractivity contribution is 0.0606. The number of nitrogens with one attached hydrogen (secondary N) is 1. The van der Waals surface area contributed by atoms with Crippen LogP contribution in [0, 0.1) is 13.8 Å². The van der Waals surface area contributed by atoms with Crippen LogP contribution in [0.15, 0.2) is 17.4 Å². The van der Waals surface area contributed by atoms with Gasteiger partial charge < -0.3 is 14.5 Å². The van der Waals surface area contributed by atoms with Gasteiger partial charge in [0, 0.05) is 23.1 Å². The van der Waals surface area contributed by atoms with E-state index < -0.39 is 0 Å². The van der Waals surface area contributed by atoms with Crippen molar-refractivity contribution >= 4 is 39.4 Å². The van der Waals surface area contributed by atoms with Gasteiger partial charge in [-0.2, -0.15) is 0 Å². The smallest absolute Gasteiger partial charge is 0.348 e. The van der Waals surface area contributed by atoms with Gasteiger partial charge in [-0.1, -0.05) is 11.8 Å². The molecular weight excluding hydrogens is 346 g/mol. The first kappa shape index (κ1) is 16.8. The molecule has 3 heterocycles. The van der Waals surface area contributed by atoms with E-state index >= 15 is 0 Å². The Labute approximate surface area is 147 Å². The Balaban J connectivity index is 1.76. The number of imidazole rings is 1. The van der Waals surface area contributed by atoms with Gasteiger partial charge in [0.1, 0.15) is 15.5 Å². The van der Waals surface area contributed by atoms with Gasteiger partial charge in [-0.25, -0.2) is 9.78 Å². The minimum absolute atomic E-state index is 0.341. The van der Waals surface area contributed by atoms with Crippen LogP contribution in [0.4, 0.5) is 0 Å². The first-order chi connectivity index (χ1) is 11.5. The van der Waals surface area contributed by atoms with E-state index in [0.717, 1.165) is 38.1 Å². The largest absolute Gasteiger partial charge is 0.496 e. The number of thiophene rings is 1. The highest BCUT2D eigenvalue weighted by Crippen LogP contribution is 2.31. The summed E-state index contributed by atoms with van der Waals surface area (Å²) in [7, 11) is 3.04. The highest BCUT2D eigenvalue weighted by molar-refractivity contribution is 7.98. The van der Waals surface area contributed by atoms with Crippen LogP contribution in [0.5, 0.6) is 5.75 Å². The third-order valence-corrected chi connectivity index (χ3v) is 5.53. The molecule has 126 valence electrons. The number of pyridine rings is 1. The number of rotatable bonds is 5. The first-order valence-corrected chi connectivity index (χ1v) is 9.03. The number of carbonyl (C=O) groups is 1. The maximum Gasteiger partial charge on any atom is 0.348 e. The number of fused-ring (bicyclic) bond motifs is 1. The Morgan fingerprint density at radius 1 is 1.38 bits per heavy atom. The first-order valence-electron chi connectivity index (χ1n) is 7.23. The van der Waals surface area contributed by atoms with Crippen LogP contribution in [-0.2, 0) is 10.5 Å². The van der Waals surface area contributed by atoms with Crippen LogP contribution < -0.4 is 4.74 Å². The molecule has 0 bridgehead atoms. The van der Waals surface area contributed by atoms with Crippen LogP contribution in [0.1, 0.15) is 26.5 Å². The lowest BCUT2D eigenvalue weighted by Crippen LogP contribution is -1.99. The molecule has 0 saturated heterocycles. The van der Waals surface area contributed by atoms with Gasteiger partial charge in [0.2, 0.25) is 0 Å². The molecule has 3 aromatic rings. The fourth-order valence-electron chi connectivity index (χ4n) is 2.41. The Hall–Kier alpha value is -2.06. The zero-order valence-electron chi connectivity index (χ0n) is 13.8. The van der Waals surface area contributed by atoms with E-state index in [2.05, 4.69) is 15.0 Å². The summed E-state index contributed by atoms with van der Waals surface area (Å²) in [6.07, 6.45) is 1.82. The highest BCUT2D eigenvalue weighted by Gasteiger charge is 2.15. The van der Waals surface area contributed by atoms with Crippen molar-refractivity contribution < 1.29 is 14.3 Å². The minimum Gasteiger partial charge on any atom is -0.496 e. The summed E-state index contributed by atoms with van der Waals surface area (Å²) in [4.78, 5) is 25.1. The predicted molar refractivity (Wildman–Crippen MR) is 95.1 cm³/mol. The van der Waals surface area contributed by atoms with E-state index in [4.69, 9.17) is 9.47 Å². The number of ether oxygens (including phenoxy) is 2. The fourth-order valence-corrected chi connectivity index (χ4v) is 4.28. The number of hydrogen-bond donors (Lipinski definition) is 1. The number of aromatic nitrogens is 3. The zero-order valence-corrected chi connectivity index (χ0v) is 15.4. The lowest BCUT2D eigenvalue weighted by atomic mass is 10.1. The van der Waals surface area contributed by atoms with Gasteiger partial charge in [0.05, 0.1) is 25.4 Å². The average molecular weight is 363 g/mol. The second kappa shape index (κ2) is 6.82. The summed E-state index contributed by atoms with van der Waals surface area (Å²) in [5.74, 6) is 1.23. The van der Waals surface area contributed by atoms with E-state index in [1.165, 1.54) is 18.4 Å². The normalized spacial score (nSPS) is 11.0. The van der Waals surface area contributed by atoms with E-state index in [1.54, 1.807) is 24.9 Å². The van der Waals surface area contributed by atoms with E-state index in [0.29, 0.717) is 10.6 Å². The molecule has 1 N–H and O–H groups in total. The molecule has 0 aliphatic heterocycles. The Morgan fingerprint density at radius 2 is 2.17 bits per heavy atom. The number of nitrogens with zero attached hydrogens (tertiary/aromatic N) is 2. The Kier molecular flexibility index (Phi) is 4.77. The van der Waals surface area contributed by atoms with E-state index in [1.807, 2.05) is 20.0 Å². The molecule has 0 radical (unpaired) electrons. The van der Waals surface area contributed by atoms with Gasteiger partial charge >= 0.3 is 5.97 Å². The lowest BCUT2D eigenvalue weighted by Gasteiger charge is -2.11. The second-order valence-electron chi connectivity index (χ2n) is 5.20. The summed E-state index contributed by atoms with van der Waals surface area (Å²) < 4.78 is 10.2. The quantitative estimate of drug-likeness (QED) is 0.550. The van der Waals surface area contributed by atoms with Crippen molar-refractivity contribution in [2.24, 2.45) is 0 Å². The van der Waals surface area contributed by atoms with Gasteiger partial charge in [-0.15, -0.1) is 11.3 Å². The predicted octanol–water partition coefficient (Wildman–Crippen LogP) is 3.72. The number of esters is 1. The number of H-pyrrole nitrogens is 1. The summed E-state index contributed by atoms with van der Waals surface area (Å²) in [6.45, 7) is 3.99. The summed E-state index contributed by atoms with van der Waals surface area (Å²) >= 11 is 2.89. The van der Waals surface area contributed by atoms with Crippen molar-refractivity contribution in [2.45, 2.75) is 24.8 Å². The van der Waals surface area contributed by atoms with Crippen LogP contribution in [0.25, 0.3) is 10.3 Å². The maximum absolute atomic E-state index is 11.5. The van der Waals surface area contributed by atoms with Crippen LogP contribution in [0.3, 0.4) is 0 Å². The van der Waals surface area contributed by atoms with Crippen molar-refractivity contribution in [1.29, 1.82) is 0 Å². The molecule has 0 unspecified atom stereocenters. The van der Waals surface area contributed by atoms with Crippen molar-refractivity contribution in [3.8, 4) is 5.75 Å². The molecule has 0 amide bonds. The Bertz CT molecular complexity index is 870. The molecule has 0 saturated carbocycles. The number of carbonyl (C=O) groups excluding carboxylic acids is 1. The van der Waals surface area contributed by atoms with Crippen molar-refractivity contribution in [2.75, 3.05) is 14.2 Å². The third-order valence-electron chi connectivity index (χ3n) is 3.64. The molecule has 0 fully saturated rings. The van der Waals surface area contributed by atoms with Gasteiger partial charge in [-0.05, 0) is 19.9 Å². The van der Waals surface area contributed by atoms with Crippen LogP contribution in [0.2, 0.25) is 0 Å². The zero-order chi connectivity index (χ0) is 17.3. The van der Waals surface area contributed by atoms with Crippen LogP contribution in [-0.4, -0.2) is 35.1 Å².